The van der Waals surface area contributed by atoms with Crippen LogP contribution in [0.5, 0.6) is 5.75 Å². The fourth-order valence-electron chi connectivity index (χ4n) is 1.89. The maximum absolute atomic E-state index is 5.61. The fourth-order valence-corrected chi connectivity index (χ4v) is 1.89. The van der Waals surface area contributed by atoms with Gasteiger partial charge >= 0.3 is 0 Å². The summed E-state index contributed by atoms with van der Waals surface area (Å²) < 4.78 is 11.2. The van der Waals surface area contributed by atoms with Crippen molar-refractivity contribution in [2.45, 2.75) is 45.9 Å². The lowest BCUT2D eigenvalue weighted by atomic mass is 10.0. The third-order valence-electron chi connectivity index (χ3n) is 2.69. The van der Waals surface area contributed by atoms with Crippen molar-refractivity contribution >= 4 is 0 Å². The highest BCUT2D eigenvalue weighted by molar-refractivity contribution is 5.29. The predicted molar refractivity (Wildman–Crippen MR) is 73.4 cm³/mol. The summed E-state index contributed by atoms with van der Waals surface area (Å²) in [4.78, 5) is 0. The molecule has 18 heavy (non-hydrogen) atoms. The number of benzene rings is 1. The van der Waals surface area contributed by atoms with Gasteiger partial charge in [0.1, 0.15) is 5.75 Å². The van der Waals surface area contributed by atoms with Crippen molar-refractivity contribution in [2.75, 3.05) is 6.61 Å². The highest BCUT2D eigenvalue weighted by atomic mass is 16.5. The third-order valence-corrected chi connectivity index (χ3v) is 2.69. The Morgan fingerprint density at radius 3 is 2.22 bits per heavy atom. The van der Waals surface area contributed by atoms with Gasteiger partial charge in [0.2, 0.25) is 0 Å². The molecule has 2 unspecified atom stereocenters. The molecule has 0 fully saturated rings. The molecule has 1 aromatic carbocycles. The minimum absolute atomic E-state index is 0.0157. The number of hydrazine groups is 1. The van der Waals surface area contributed by atoms with Gasteiger partial charge in [-0.3, -0.25) is 11.3 Å². The van der Waals surface area contributed by atoms with Crippen LogP contribution < -0.4 is 16.0 Å². The molecule has 0 aliphatic heterocycles. The molecule has 0 aliphatic carbocycles. The van der Waals surface area contributed by atoms with Gasteiger partial charge in [-0.1, -0.05) is 12.1 Å². The lowest BCUT2D eigenvalue weighted by Crippen LogP contribution is -2.36. The molecule has 4 nitrogen and oxygen atoms in total. The van der Waals surface area contributed by atoms with Gasteiger partial charge in [-0.05, 0) is 45.4 Å². The molecule has 0 saturated carbocycles. The second-order valence-corrected chi connectivity index (χ2v) is 4.54. The van der Waals surface area contributed by atoms with Gasteiger partial charge in [0, 0.05) is 6.61 Å². The zero-order chi connectivity index (χ0) is 13.5. The zero-order valence-electron chi connectivity index (χ0n) is 11.6. The number of rotatable bonds is 7. The van der Waals surface area contributed by atoms with E-state index in [0.29, 0.717) is 6.61 Å². The molecular weight excluding hydrogens is 228 g/mol. The van der Waals surface area contributed by atoms with Crippen LogP contribution in [-0.4, -0.2) is 18.8 Å². The number of nitrogens with two attached hydrogens (primary N) is 1. The van der Waals surface area contributed by atoms with Gasteiger partial charge < -0.3 is 9.47 Å². The van der Waals surface area contributed by atoms with Crippen LogP contribution in [0.25, 0.3) is 0 Å². The molecule has 1 aromatic rings. The topological polar surface area (TPSA) is 56.5 Å². The molecule has 0 aromatic heterocycles. The maximum Gasteiger partial charge on any atom is 0.119 e. The van der Waals surface area contributed by atoms with Crippen molar-refractivity contribution in [3.8, 4) is 5.75 Å². The van der Waals surface area contributed by atoms with Gasteiger partial charge in [0.05, 0.1) is 18.2 Å². The molecule has 1 rings (SSSR count). The smallest absolute Gasteiger partial charge is 0.119 e. The molecule has 0 bridgehead atoms. The Labute approximate surface area is 109 Å². The van der Waals surface area contributed by atoms with Crippen LogP contribution in [-0.2, 0) is 4.74 Å². The molecule has 0 heterocycles. The monoisotopic (exact) mass is 252 g/mol. The van der Waals surface area contributed by atoms with Crippen molar-refractivity contribution in [3.63, 3.8) is 0 Å². The Balaban J connectivity index is 2.75. The van der Waals surface area contributed by atoms with Crippen LogP contribution in [0.1, 0.15) is 39.3 Å². The lowest BCUT2D eigenvalue weighted by molar-refractivity contribution is 0.0472. The second kappa shape index (κ2) is 7.36. The summed E-state index contributed by atoms with van der Waals surface area (Å²) in [6, 6.07) is 7.92. The van der Waals surface area contributed by atoms with Crippen LogP contribution in [0, 0.1) is 0 Å². The van der Waals surface area contributed by atoms with E-state index in [4.69, 9.17) is 15.3 Å². The van der Waals surface area contributed by atoms with E-state index >= 15 is 0 Å². The Bertz CT molecular complexity index is 338. The number of nitrogens with one attached hydrogen (secondary N) is 1. The Morgan fingerprint density at radius 2 is 1.78 bits per heavy atom. The Hall–Kier alpha value is -1.10. The van der Waals surface area contributed by atoms with Gasteiger partial charge in [0.25, 0.3) is 0 Å². The van der Waals surface area contributed by atoms with Crippen LogP contribution in [0.3, 0.4) is 0 Å². The summed E-state index contributed by atoms with van der Waals surface area (Å²) in [6.07, 6.45) is 0.207. The Kier molecular flexibility index (Phi) is 6.12. The summed E-state index contributed by atoms with van der Waals surface area (Å²) in [7, 11) is 0. The fraction of sp³-hybridized carbons (Fsp3) is 0.571. The quantitative estimate of drug-likeness (QED) is 0.578. The van der Waals surface area contributed by atoms with Crippen LogP contribution in [0.4, 0.5) is 0 Å². The molecule has 4 heteroatoms. The van der Waals surface area contributed by atoms with E-state index < -0.39 is 0 Å². The van der Waals surface area contributed by atoms with E-state index in [0.717, 1.165) is 11.3 Å². The molecule has 0 aliphatic rings. The molecule has 0 spiro atoms. The van der Waals surface area contributed by atoms with E-state index in [1.807, 2.05) is 52.0 Å². The molecule has 102 valence electrons. The standard InChI is InChI=1S/C14H24N2O2/c1-5-17-11(4)14(16-15)12-6-8-13(9-7-12)18-10(2)3/h6-11,14,16H,5,15H2,1-4H3. The average molecular weight is 252 g/mol. The maximum atomic E-state index is 5.61. The Morgan fingerprint density at radius 1 is 1.17 bits per heavy atom. The molecule has 0 radical (unpaired) electrons. The molecule has 3 N–H and O–H groups in total. The van der Waals surface area contributed by atoms with Crippen molar-refractivity contribution in [1.82, 2.24) is 5.43 Å². The van der Waals surface area contributed by atoms with Crippen LogP contribution in [0.2, 0.25) is 0 Å². The van der Waals surface area contributed by atoms with E-state index in [1.165, 1.54) is 0 Å². The third kappa shape index (κ3) is 4.29. The van der Waals surface area contributed by atoms with Crippen molar-refractivity contribution in [3.05, 3.63) is 29.8 Å². The number of hydrogen-bond donors (Lipinski definition) is 2. The minimum Gasteiger partial charge on any atom is -0.491 e. The normalized spacial score (nSPS) is 14.6. The highest BCUT2D eigenvalue weighted by Crippen LogP contribution is 2.22. The average Bonchev–Trinajstić information content (AvgIpc) is 2.32. The first-order chi connectivity index (χ1) is 8.58. The molecule has 2 atom stereocenters. The predicted octanol–water partition coefficient (Wildman–Crippen LogP) is 2.40. The SMILES string of the molecule is CCOC(C)C(NN)c1ccc(OC(C)C)cc1. The first-order valence-corrected chi connectivity index (χ1v) is 6.42. The van der Waals surface area contributed by atoms with Crippen molar-refractivity contribution in [2.24, 2.45) is 5.84 Å². The van der Waals surface area contributed by atoms with Gasteiger partial charge in [-0.15, -0.1) is 0 Å². The molecule has 0 saturated heterocycles. The highest BCUT2D eigenvalue weighted by Gasteiger charge is 2.18. The number of ether oxygens (including phenoxy) is 2. The van der Waals surface area contributed by atoms with Gasteiger partial charge in [-0.2, -0.15) is 0 Å². The first-order valence-electron chi connectivity index (χ1n) is 6.42. The summed E-state index contributed by atoms with van der Waals surface area (Å²) in [5, 5.41) is 0. The van der Waals surface area contributed by atoms with Crippen LogP contribution >= 0.6 is 0 Å². The van der Waals surface area contributed by atoms with Crippen molar-refractivity contribution < 1.29 is 9.47 Å². The summed E-state index contributed by atoms with van der Waals surface area (Å²) >= 11 is 0. The van der Waals surface area contributed by atoms with E-state index in [-0.39, 0.29) is 18.2 Å². The first kappa shape index (κ1) is 15.0. The van der Waals surface area contributed by atoms with Crippen LogP contribution in [0.15, 0.2) is 24.3 Å². The minimum atomic E-state index is -0.0157. The van der Waals surface area contributed by atoms with E-state index in [2.05, 4.69) is 5.43 Å². The number of hydrogen-bond acceptors (Lipinski definition) is 4. The van der Waals surface area contributed by atoms with Crippen molar-refractivity contribution in [1.29, 1.82) is 0 Å². The molecular formula is C14H24N2O2. The zero-order valence-corrected chi connectivity index (χ0v) is 11.6. The summed E-state index contributed by atoms with van der Waals surface area (Å²) in [5.41, 5.74) is 3.89. The van der Waals surface area contributed by atoms with Gasteiger partial charge in [0.15, 0.2) is 0 Å². The summed E-state index contributed by atoms with van der Waals surface area (Å²) in [5.74, 6) is 6.46. The van der Waals surface area contributed by atoms with E-state index in [9.17, 15) is 0 Å². The van der Waals surface area contributed by atoms with E-state index in [1.54, 1.807) is 0 Å². The molecule has 0 amide bonds. The summed E-state index contributed by atoms with van der Waals surface area (Å²) in [6.45, 7) is 8.68. The van der Waals surface area contributed by atoms with Gasteiger partial charge in [-0.25, -0.2) is 0 Å². The largest absolute Gasteiger partial charge is 0.491 e. The second-order valence-electron chi connectivity index (χ2n) is 4.54. The lowest BCUT2D eigenvalue weighted by Gasteiger charge is -2.23.